The molecule has 0 heterocycles. The molecule has 1 aromatic carbocycles. The Balaban J connectivity index is 2.22. The molecule has 0 aromatic heterocycles. The molecule has 1 N–H and O–H groups in total. The molecule has 96 valence electrons. The predicted octanol–water partition coefficient (Wildman–Crippen LogP) is 2.55. The van der Waals surface area contributed by atoms with E-state index in [0.29, 0.717) is 6.04 Å². The minimum absolute atomic E-state index is 0.651. The molecule has 2 heteroatoms. The topological polar surface area (TPSA) is 15.3 Å². The van der Waals surface area contributed by atoms with Crippen molar-refractivity contribution in [3.05, 3.63) is 35.9 Å². The zero-order valence-electron chi connectivity index (χ0n) is 11.4. The maximum atomic E-state index is 3.38. The summed E-state index contributed by atoms with van der Waals surface area (Å²) in [6.45, 7) is 7.79. The SMILES string of the molecule is CCNCCC(C)N(C)CCc1ccccc1. The summed E-state index contributed by atoms with van der Waals surface area (Å²) >= 11 is 0. The number of hydrogen-bond acceptors (Lipinski definition) is 2. The van der Waals surface area contributed by atoms with Gasteiger partial charge in [-0.3, -0.25) is 0 Å². The number of hydrogen-bond donors (Lipinski definition) is 1. The van der Waals surface area contributed by atoms with Crippen LogP contribution in [0.4, 0.5) is 0 Å². The molecule has 17 heavy (non-hydrogen) atoms. The standard InChI is InChI=1S/C15H26N2/c1-4-16-12-10-14(2)17(3)13-11-15-8-6-5-7-9-15/h5-9,14,16H,4,10-13H2,1-3H3. The van der Waals surface area contributed by atoms with Crippen LogP contribution in [0.25, 0.3) is 0 Å². The van der Waals surface area contributed by atoms with E-state index in [4.69, 9.17) is 0 Å². The van der Waals surface area contributed by atoms with E-state index in [2.05, 4.69) is 61.4 Å². The Morgan fingerprint density at radius 2 is 1.94 bits per heavy atom. The van der Waals surface area contributed by atoms with Crippen LogP contribution in [0.1, 0.15) is 25.8 Å². The Morgan fingerprint density at radius 1 is 1.24 bits per heavy atom. The van der Waals surface area contributed by atoms with E-state index in [1.54, 1.807) is 0 Å². The number of nitrogens with one attached hydrogen (secondary N) is 1. The van der Waals surface area contributed by atoms with E-state index >= 15 is 0 Å². The smallest absolute Gasteiger partial charge is 0.00760 e. The molecule has 2 nitrogen and oxygen atoms in total. The summed E-state index contributed by atoms with van der Waals surface area (Å²) < 4.78 is 0. The maximum Gasteiger partial charge on any atom is 0.00760 e. The van der Waals surface area contributed by atoms with Gasteiger partial charge in [-0.2, -0.15) is 0 Å². The minimum atomic E-state index is 0.651. The van der Waals surface area contributed by atoms with Crippen molar-refractivity contribution in [1.82, 2.24) is 10.2 Å². The van der Waals surface area contributed by atoms with Gasteiger partial charge in [0.1, 0.15) is 0 Å². The molecule has 0 saturated heterocycles. The fourth-order valence-electron chi connectivity index (χ4n) is 1.88. The van der Waals surface area contributed by atoms with Crippen molar-refractivity contribution in [3.8, 4) is 0 Å². The number of rotatable bonds is 8. The van der Waals surface area contributed by atoms with Crippen LogP contribution in [0.15, 0.2) is 30.3 Å². The highest BCUT2D eigenvalue weighted by atomic mass is 15.1. The Morgan fingerprint density at radius 3 is 2.59 bits per heavy atom. The molecule has 0 bridgehead atoms. The zero-order chi connectivity index (χ0) is 12.5. The lowest BCUT2D eigenvalue weighted by molar-refractivity contribution is 0.248. The van der Waals surface area contributed by atoms with E-state index in [-0.39, 0.29) is 0 Å². The summed E-state index contributed by atoms with van der Waals surface area (Å²) in [5.41, 5.74) is 1.43. The first-order valence-corrected chi connectivity index (χ1v) is 6.69. The fraction of sp³-hybridized carbons (Fsp3) is 0.600. The largest absolute Gasteiger partial charge is 0.317 e. The van der Waals surface area contributed by atoms with Gasteiger partial charge in [-0.05, 0) is 45.5 Å². The maximum absolute atomic E-state index is 3.38. The highest BCUT2D eigenvalue weighted by Crippen LogP contribution is 2.04. The third-order valence-electron chi connectivity index (χ3n) is 3.34. The summed E-state index contributed by atoms with van der Waals surface area (Å²) in [6, 6.07) is 11.4. The van der Waals surface area contributed by atoms with Crippen molar-refractivity contribution < 1.29 is 0 Å². The second-order valence-corrected chi connectivity index (χ2v) is 4.71. The van der Waals surface area contributed by atoms with E-state index in [9.17, 15) is 0 Å². The van der Waals surface area contributed by atoms with Crippen LogP contribution in [0.3, 0.4) is 0 Å². The van der Waals surface area contributed by atoms with Crippen molar-refractivity contribution >= 4 is 0 Å². The lowest BCUT2D eigenvalue weighted by atomic mass is 10.1. The van der Waals surface area contributed by atoms with Gasteiger partial charge < -0.3 is 10.2 Å². The first kappa shape index (κ1) is 14.2. The molecule has 0 saturated carbocycles. The van der Waals surface area contributed by atoms with Gasteiger partial charge in [0.25, 0.3) is 0 Å². The molecule has 0 aliphatic heterocycles. The Kier molecular flexibility index (Phi) is 6.90. The van der Waals surface area contributed by atoms with Gasteiger partial charge in [-0.15, -0.1) is 0 Å². The van der Waals surface area contributed by atoms with Crippen LogP contribution in [0, 0.1) is 0 Å². The van der Waals surface area contributed by atoms with Crippen LogP contribution < -0.4 is 5.32 Å². The van der Waals surface area contributed by atoms with Crippen LogP contribution in [0.2, 0.25) is 0 Å². The van der Waals surface area contributed by atoms with Crippen molar-refractivity contribution in [1.29, 1.82) is 0 Å². The van der Waals surface area contributed by atoms with E-state index in [1.807, 2.05) is 0 Å². The van der Waals surface area contributed by atoms with E-state index in [1.165, 1.54) is 12.0 Å². The lowest BCUT2D eigenvalue weighted by Crippen LogP contribution is -2.33. The molecule has 1 aromatic rings. The Labute approximate surface area is 106 Å². The van der Waals surface area contributed by atoms with Crippen molar-refractivity contribution in [2.45, 2.75) is 32.7 Å². The normalized spacial score (nSPS) is 12.9. The van der Waals surface area contributed by atoms with E-state index < -0.39 is 0 Å². The van der Waals surface area contributed by atoms with Crippen molar-refractivity contribution in [2.24, 2.45) is 0 Å². The van der Waals surface area contributed by atoms with Crippen LogP contribution in [-0.2, 0) is 6.42 Å². The number of benzene rings is 1. The molecule has 0 spiro atoms. The lowest BCUT2D eigenvalue weighted by Gasteiger charge is -2.24. The third-order valence-corrected chi connectivity index (χ3v) is 3.34. The second kappa shape index (κ2) is 8.26. The van der Waals surface area contributed by atoms with Gasteiger partial charge in [-0.1, -0.05) is 37.3 Å². The molecule has 1 rings (SSSR count). The minimum Gasteiger partial charge on any atom is -0.317 e. The van der Waals surface area contributed by atoms with Gasteiger partial charge in [0.2, 0.25) is 0 Å². The molecule has 1 unspecified atom stereocenters. The molecular weight excluding hydrogens is 208 g/mol. The first-order valence-electron chi connectivity index (χ1n) is 6.69. The quantitative estimate of drug-likeness (QED) is 0.695. The van der Waals surface area contributed by atoms with Gasteiger partial charge in [-0.25, -0.2) is 0 Å². The summed E-state index contributed by atoms with van der Waals surface area (Å²) in [5, 5.41) is 3.38. The van der Waals surface area contributed by atoms with Gasteiger partial charge >= 0.3 is 0 Å². The first-order chi connectivity index (χ1) is 8.24. The number of nitrogens with zero attached hydrogens (tertiary/aromatic N) is 1. The molecule has 0 radical (unpaired) electrons. The average molecular weight is 234 g/mol. The van der Waals surface area contributed by atoms with Gasteiger partial charge in [0.05, 0.1) is 0 Å². The zero-order valence-corrected chi connectivity index (χ0v) is 11.4. The summed E-state index contributed by atoms with van der Waals surface area (Å²) in [6.07, 6.45) is 2.36. The molecule has 1 atom stereocenters. The molecule has 0 fully saturated rings. The second-order valence-electron chi connectivity index (χ2n) is 4.71. The molecule has 0 amide bonds. The summed E-state index contributed by atoms with van der Waals surface area (Å²) in [5.74, 6) is 0. The predicted molar refractivity (Wildman–Crippen MR) is 75.4 cm³/mol. The van der Waals surface area contributed by atoms with Gasteiger partial charge in [0, 0.05) is 12.6 Å². The van der Waals surface area contributed by atoms with Crippen LogP contribution in [0.5, 0.6) is 0 Å². The fourth-order valence-corrected chi connectivity index (χ4v) is 1.88. The number of likely N-dealkylation sites (N-methyl/N-ethyl adjacent to an activating group) is 1. The molecule has 0 aliphatic carbocycles. The van der Waals surface area contributed by atoms with E-state index in [0.717, 1.165) is 26.1 Å². The van der Waals surface area contributed by atoms with Crippen LogP contribution >= 0.6 is 0 Å². The highest BCUT2D eigenvalue weighted by Gasteiger charge is 2.08. The Bertz CT molecular complexity index is 284. The molecule has 0 aliphatic rings. The van der Waals surface area contributed by atoms with Gasteiger partial charge in [0.15, 0.2) is 0 Å². The van der Waals surface area contributed by atoms with Crippen molar-refractivity contribution in [3.63, 3.8) is 0 Å². The summed E-state index contributed by atoms with van der Waals surface area (Å²) in [7, 11) is 2.22. The Hall–Kier alpha value is -0.860. The van der Waals surface area contributed by atoms with Crippen LogP contribution in [-0.4, -0.2) is 37.6 Å². The molecular formula is C15H26N2. The third kappa shape index (κ3) is 5.85. The summed E-state index contributed by atoms with van der Waals surface area (Å²) in [4.78, 5) is 2.45. The monoisotopic (exact) mass is 234 g/mol. The average Bonchev–Trinajstić information content (AvgIpc) is 2.37. The highest BCUT2D eigenvalue weighted by molar-refractivity contribution is 5.14. The van der Waals surface area contributed by atoms with Crippen molar-refractivity contribution in [2.75, 3.05) is 26.7 Å².